The maximum Gasteiger partial charge on any atom is 0.262 e. The Balaban J connectivity index is 1.45. The van der Waals surface area contributed by atoms with E-state index in [-0.39, 0.29) is 12.5 Å². The lowest BCUT2D eigenvalue weighted by atomic mass is 10.1. The predicted octanol–water partition coefficient (Wildman–Crippen LogP) is 6.10. The summed E-state index contributed by atoms with van der Waals surface area (Å²) in [6.45, 7) is -0.102. The number of rotatable bonds is 8. The minimum Gasteiger partial charge on any atom is -0.497 e. The number of carbonyl (C=O) groups is 1. The summed E-state index contributed by atoms with van der Waals surface area (Å²) >= 11 is 5.85. The summed E-state index contributed by atoms with van der Waals surface area (Å²) in [7, 11) is 3.25. The second-order valence-corrected chi connectivity index (χ2v) is 7.78. The minimum absolute atomic E-state index is 0.102. The van der Waals surface area contributed by atoms with Gasteiger partial charge in [0.2, 0.25) is 0 Å². The maximum absolute atomic E-state index is 12.2. The van der Waals surface area contributed by atoms with E-state index in [1.54, 1.807) is 38.5 Å². The number of aromatic nitrogens is 1. The van der Waals surface area contributed by atoms with Crippen LogP contribution >= 0.6 is 11.6 Å². The monoisotopic (exact) mass is 474 g/mol. The third kappa shape index (κ3) is 5.66. The van der Waals surface area contributed by atoms with E-state index in [0.717, 1.165) is 28.3 Å². The molecule has 0 saturated carbocycles. The van der Waals surface area contributed by atoms with Crippen molar-refractivity contribution in [3.63, 3.8) is 0 Å². The Morgan fingerprint density at radius 3 is 2.26 bits per heavy atom. The van der Waals surface area contributed by atoms with Gasteiger partial charge in [-0.25, -0.2) is 4.98 Å². The summed E-state index contributed by atoms with van der Waals surface area (Å²) in [5.74, 6) is 1.76. The molecule has 1 N–H and O–H groups in total. The summed E-state index contributed by atoms with van der Waals surface area (Å²) in [4.78, 5) is 17.0. The van der Waals surface area contributed by atoms with Gasteiger partial charge >= 0.3 is 0 Å². The molecule has 34 heavy (non-hydrogen) atoms. The zero-order valence-corrected chi connectivity index (χ0v) is 19.5. The highest BCUT2D eigenvalue weighted by atomic mass is 35.5. The van der Waals surface area contributed by atoms with E-state index >= 15 is 0 Å². The summed E-state index contributed by atoms with van der Waals surface area (Å²) in [6, 6.07) is 25.7. The standard InChI is InChI=1S/C27H23ClN2O4/c1-32-22-14-15-26(33-2)23(16-22)25-5-3-4-24(30-25)18-6-10-20(11-7-18)29-27(31)17-34-21-12-8-19(28)9-13-21/h3-16H,17H2,1-2H3,(H,29,31). The molecular weight excluding hydrogens is 452 g/mol. The quantitative estimate of drug-likeness (QED) is 0.334. The topological polar surface area (TPSA) is 69.7 Å². The van der Waals surface area contributed by atoms with Gasteiger partial charge in [-0.2, -0.15) is 0 Å². The number of carbonyl (C=O) groups excluding carboxylic acids is 1. The zero-order valence-electron chi connectivity index (χ0n) is 18.7. The highest BCUT2D eigenvalue weighted by Crippen LogP contribution is 2.33. The molecule has 0 aliphatic rings. The van der Waals surface area contributed by atoms with Crippen LogP contribution in [0.15, 0.2) is 84.9 Å². The van der Waals surface area contributed by atoms with Crippen molar-refractivity contribution >= 4 is 23.2 Å². The third-order valence-corrected chi connectivity index (χ3v) is 5.33. The molecule has 172 valence electrons. The molecule has 0 aliphatic heterocycles. The first-order valence-electron chi connectivity index (χ1n) is 10.5. The van der Waals surface area contributed by atoms with E-state index in [1.165, 1.54) is 0 Å². The maximum atomic E-state index is 12.2. The van der Waals surface area contributed by atoms with Gasteiger partial charge in [-0.15, -0.1) is 0 Å². The number of ether oxygens (including phenoxy) is 3. The molecule has 0 radical (unpaired) electrons. The van der Waals surface area contributed by atoms with Crippen molar-refractivity contribution in [1.82, 2.24) is 4.98 Å². The Morgan fingerprint density at radius 1 is 0.853 bits per heavy atom. The molecule has 1 amide bonds. The molecule has 4 rings (SSSR count). The Hall–Kier alpha value is -4.03. The van der Waals surface area contributed by atoms with Crippen LogP contribution in [-0.2, 0) is 4.79 Å². The number of pyridine rings is 1. The van der Waals surface area contributed by atoms with Crippen LogP contribution in [0.4, 0.5) is 5.69 Å². The van der Waals surface area contributed by atoms with Gasteiger partial charge in [-0.05, 0) is 66.7 Å². The Kier molecular flexibility index (Phi) is 7.30. The van der Waals surface area contributed by atoms with E-state index in [0.29, 0.717) is 22.2 Å². The normalized spacial score (nSPS) is 10.4. The molecule has 0 saturated heterocycles. The fraction of sp³-hybridized carbons (Fsp3) is 0.111. The van der Waals surface area contributed by atoms with E-state index in [4.69, 9.17) is 30.8 Å². The summed E-state index contributed by atoms with van der Waals surface area (Å²) < 4.78 is 16.3. The highest BCUT2D eigenvalue weighted by molar-refractivity contribution is 6.30. The number of nitrogens with one attached hydrogen (secondary N) is 1. The number of nitrogens with zero attached hydrogens (tertiary/aromatic N) is 1. The molecule has 1 aromatic heterocycles. The average molecular weight is 475 g/mol. The molecule has 0 bridgehead atoms. The first-order chi connectivity index (χ1) is 16.6. The van der Waals surface area contributed by atoms with Gasteiger partial charge in [0.25, 0.3) is 5.91 Å². The van der Waals surface area contributed by atoms with Crippen molar-refractivity contribution in [2.75, 3.05) is 26.1 Å². The second-order valence-electron chi connectivity index (χ2n) is 7.34. The molecule has 4 aromatic rings. The van der Waals surface area contributed by atoms with Gasteiger partial charge in [-0.3, -0.25) is 4.79 Å². The van der Waals surface area contributed by atoms with Crippen LogP contribution in [0.25, 0.3) is 22.5 Å². The smallest absolute Gasteiger partial charge is 0.262 e. The lowest BCUT2D eigenvalue weighted by molar-refractivity contribution is -0.118. The molecule has 0 aliphatic carbocycles. The number of amides is 1. The van der Waals surface area contributed by atoms with Crippen molar-refractivity contribution in [2.45, 2.75) is 0 Å². The van der Waals surface area contributed by atoms with E-state index in [1.807, 2.05) is 60.7 Å². The number of benzene rings is 3. The van der Waals surface area contributed by atoms with E-state index in [9.17, 15) is 4.79 Å². The Labute approximate surface area is 203 Å². The first kappa shape index (κ1) is 23.1. The van der Waals surface area contributed by atoms with Crippen molar-refractivity contribution in [3.8, 4) is 39.8 Å². The molecule has 0 unspecified atom stereocenters. The third-order valence-electron chi connectivity index (χ3n) is 5.08. The van der Waals surface area contributed by atoms with Gasteiger partial charge in [0, 0.05) is 21.8 Å². The fourth-order valence-electron chi connectivity index (χ4n) is 3.36. The number of hydrogen-bond donors (Lipinski definition) is 1. The van der Waals surface area contributed by atoms with Crippen LogP contribution in [0.2, 0.25) is 5.02 Å². The van der Waals surface area contributed by atoms with Gasteiger partial charge in [0.05, 0.1) is 25.6 Å². The van der Waals surface area contributed by atoms with Crippen molar-refractivity contribution < 1.29 is 19.0 Å². The second kappa shape index (κ2) is 10.7. The summed E-state index contributed by atoms with van der Waals surface area (Å²) in [5.41, 5.74) is 3.99. The van der Waals surface area contributed by atoms with Crippen LogP contribution in [-0.4, -0.2) is 31.7 Å². The molecule has 0 atom stereocenters. The van der Waals surface area contributed by atoms with Crippen molar-refractivity contribution in [1.29, 1.82) is 0 Å². The van der Waals surface area contributed by atoms with Gasteiger partial charge in [0.15, 0.2) is 6.61 Å². The number of anilines is 1. The summed E-state index contributed by atoms with van der Waals surface area (Å²) in [5, 5.41) is 3.44. The highest BCUT2D eigenvalue weighted by Gasteiger charge is 2.11. The molecule has 7 heteroatoms. The predicted molar refractivity (Wildman–Crippen MR) is 134 cm³/mol. The summed E-state index contributed by atoms with van der Waals surface area (Å²) in [6.07, 6.45) is 0. The van der Waals surface area contributed by atoms with Crippen LogP contribution in [0.1, 0.15) is 0 Å². The molecule has 6 nitrogen and oxygen atoms in total. The fourth-order valence-corrected chi connectivity index (χ4v) is 3.49. The first-order valence-corrected chi connectivity index (χ1v) is 10.9. The largest absolute Gasteiger partial charge is 0.497 e. The number of methoxy groups -OCH3 is 2. The lowest BCUT2D eigenvalue weighted by Gasteiger charge is -2.11. The van der Waals surface area contributed by atoms with Crippen LogP contribution in [0, 0.1) is 0 Å². The van der Waals surface area contributed by atoms with Gasteiger partial charge in [-0.1, -0.05) is 29.8 Å². The van der Waals surface area contributed by atoms with Crippen molar-refractivity contribution in [2.24, 2.45) is 0 Å². The SMILES string of the molecule is COc1ccc(OC)c(-c2cccc(-c3ccc(NC(=O)COc4ccc(Cl)cc4)cc3)n2)c1. The van der Waals surface area contributed by atoms with Gasteiger partial charge in [0.1, 0.15) is 17.2 Å². The Bertz CT molecular complexity index is 1270. The minimum atomic E-state index is -0.257. The number of hydrogen-bond acceptors (Lipinski definition) is 5. The molecule has 0 fully saturated rings. The number of halogens is 1. The van der Waals surface area contributed by atoms with Crippen molar-refractivity contribution in [3.05, 3.63) is 90.0 Å². The Morgan fingerprint density at radius 2 is 1.56 bits per heavy atom. The van der Waals surface area contributed by atoms with Crippen LogP contribution in [0.5, 0.6) is 17.2 Å². The zero-order chi connectivity index (χ0) is 23.9. The average Bonchev–Trinajstić information content (AvgIpc) is 2.88. The van der Waals surface area contributed by atoms with E-state index in [2.05, 4.69) is 5.32 Å². The molecule has 3 aromatic carbocycles. The molecular formula is C27H23ClN2O4. The lowest BCUT2D eigenvalue weighted by Crippen LogP contribution is -2.20. The van der Waals surface area contributed by atoms with E-state index < -0.39 is 0 Å². The van der Waals surface area contributed by atoms with Gasteiger partial charge < -0.3 is 19.5 Å². The molecule has 1 heterocycles. The van der Waals surface area contributed by atoms with Crippen LogP contribution < -0.4 is 19.5 Å². The molecule has 0 spiro atoms. The van der Waals surface area contributed by atoms with Crippen LogP contribution in [0.3, 0.4) is 0 Å².